The molecule has 1 aliphatic rings. The summed E-state index contributed by atoms with van der Waals surface area (Å²) in [4.78, 5) is 12.6. The van der Waals surface area contributed by atoms with Gasteiger partial charge in [0.15, 0.2) is 0 Å². The molecule has 1 aliphatic heterocycles. The van der Waals surface area contributed by atoms with Crippen LogP contribution in [0.3, 0.4) is 0 Å². The molecule has 1 saturated heterocycles. The summed E-state index contributed by atoms with van der Waals surface area (Å²) in [6, 6.07) is 6.07. The van der Waals surface area contributed by atoms with Crippen molar-refractivity contribution in [3.8, 4) is 0 Å². The third kappa shape index (κ3) is 4.53. The molecule has 0 aliphatic carbocycles. The van der Waals surface area contributed by atoms with Crippen LogP contribution < -0.4 is 15.4 Å². The highest BCUT2D eigenvalue weighted by Crippen LogP contribution is 2.27. The molecular formula is C16H25N3O3S. The van der Waals surface area contributed by atoms with Crippen LogP contribution in [0.5, 0.6) is 0 Å². The van der Waals surface area contributed by atoms with Crippen molar-refractivity contribution >= 4 is 21.6 Å². The number of amides is 1. The SMILES string of the molecule is CC(C)NS(=O)(=O)c1ccc(NC(=O)C2(C)CCCNC2)cc1. The summed E-state index contributed by atoms with van der Waals surface area (Å²) in [5.41, 5.74) is 0.174. The van der Waals surface area contributed by atoms with E-state index in [1.807, 2.05) is 6.92 Å². The van der Waals surface area contributed by atoms with E-state index in [-0.39, 0.29) is 16.8 Å². The zero-order chi connectivity index (χ0) is 17.1. The van der Waals surface area contributed by atoms with Crippen LogP contribution in [0.4, 0.5) is 5.69 Å². The largest absolute Gasteiger partial charge is 0.326 e. The normalized spacial score (nSPS) is 22.1. The summed E-state index contributed by atoms with van der Waals surface area (Å²) < 4.78 is 26.7. The molecule has 1 fully saturated rings. The van der Waals surface area contributed by atoms with Gasteiger partial charge in [-0.25, -0.2) is 13.1 Å². The lowest BCUT2D eigenvalue weighted by Crippen LogP contribution is -2.46. The van der Waals surface area contributed by atoms with Crippen LogP contribution in [0.2, 0.25) is 0 Å². The number of carbonyl (C=O) groups is 1. The van der Waals surface area contributed by atoms with Crippen molar-refractivity contribution in [2.75, 3.05) is 18.4 Å². The van der Waals surface area contributed by atoms with E-state index in [0.29, 0.717) is 12.2 Å². The second-order valence-corrected chi connectivity index (χ2v) is 8.31. The molecular weight excluding hydrogens is 314 g/mol. The van der Waals surface area contributed by atoms with Crippen molar-refractivity contribution in [3.63, 3.8) is 0 Å². The van der Waals surface area contributed by atoms with Gasteiger partial charge in [0.1, 0.15) is 0 Å². The van der Waals surface area contributed by atoms with Gasteiger partial charge in [0.25, 0.3) is 0 Å². The Bertz CT molecular complexity index is 648. The van der Waals surface area contributed by atoms with Gasteiger partial charge in [0.05, 0.1) is 10.3 Å². The Kier molecular flexibility index (Phi) is 5.44. The molecule has 23 heavy (non-hydrogen) atoms. The second kappa shape index (κ2) is 6.98. The zero-order valence-corrected chi connectivity index (χ0v) is 14.7. The number of hydrogen-bond acceptors (Lipinski definition) is 4. The fourth-order valence-corrected chi connectivity index (χ4v) is 3.88. The van der Waals surface area contributed by atoms with Crippen LogP contribution in [0, 0.1) is 5.41 Å². The molecule has 2 rings (SSSR count). The molecule has 1 atom stereocenters. The van der Waals surface area contributed by atoms with Crippen molar-refractivity contribution < 1.29 is 13.2 Å². The van der Waals surface area contributed by atoms with Gasteiger partial charge in [-0.2, -0.15) is 0 Å². The highest BCUT2D eigenvalue weighted by atomic mass is 32.2. The van der Waals surface area contributed by atoms with Crippen LogP contribution in [-0.2, 0) is 14.8 Å². The number of rotatable bonds is 5. The summed E-state index contributed by atoms with van der Waals surface area (Å²) in [7, 11) is -3.51. The minimum absolute atomic E-state index is 0.0411. The Morgan fingerprint density at radius 1 is 1.26 bits per heavy atom. The molecule has 1 unspecified atom stereocenters. The molecule has 1 aromatic rings. The van der Waals surface area contributed by atoms with Gasteiger partial charge in [-0.15, -0.1) is 0 Å². The van der Waals surface area contributed by atoms with Crippen LogP contribution in [0.15, 0.2) is 29.2 Å². The highest BCUT2D eigenvalue weighted by molar-refractivity contribution is 7.89. The Labute approximate surface area is 138 Å². The van der Waals surface area contributed by atoms with E-state index in [4.69, 9.17) is 0 Å². The van der Waals surface area contributed by atoms with Crippen molar-refractivity contribution in [1.82, 2.24) is 10.0 Å². The molecule has 1 amide bonds. The third-order valence-electron chi connectivity index (χ3n) is 3.96. The van der Waals surface area contributed by atoms with Crippen molar-refractivity contribution in [1.29, 1.82) is 0 Å². The molecule has 128 valence electrons. The molecule has 6 nitrogen and oxygen atoms in total. The minimum Gasteiger partial charge on any atom is -0.326 e. The molecule has 0 radical (unpaired) electrons. The molecule has 0 saturated carbocycles. The number of anilines is 1. The van der Waals surface area contributed by atoms with Crippen molar-refractivity contribution in [3.05, 3.63) is 24.3 Å². The van der Waals surface area contributed by atoms with Crippen LogP contribution in [0.1, 0.15) is 33.6 Å². The highest BCUT2D eigenvalue weighted by Gasteiger charge is 2.34. The molecule has 3 N–H and O–H groups in total. The fraction of sp³-hybridized carbons (Fsp3) is 0.562. The predicted molar refractivity (Wildman–Crippen MR) is 90.7 cm³/mol. The third-order valence-corrected chi connectivity index (χ3v) is 5.63. The average molecular weight is 339 g/mol. The van der Waals surface area contributed by atoms with Crippen LogP contribution in [0.25, 0.3) is 0 Å². The van der Waals surface area contributed by atoms with Gasteiger partial charge < -0.3 is 10.6 Å². The molecule has 1 heterocycles. The Balaban J connectivity index is 2.07. The number of nitrogens with one attached hydrogen (secondary N) is 3. The first-order valence-electron chi connectivity index (χ1n) is 7.87. The quantitative estimate of drug-likeness (QED) is 0.762. The monoisotopic (exact) mass is 339 g/mol. The maximum absolute atomic E-state index is 12.4. The lowest BCUT2D eigenvalue weighted by atomic mass is 9.82. The van der Waals surface area contributed by atoms with Gasteiger partial charge in [-0.1, -0.05) is 0 Å². The Morgan fingerprint density at radius 3 is 2.43 bits per heavy atom. The van der Waals surface area contributed by atoms with E-state index in [1.165, 1.54) is 12.1 Å². The maximum atomic E-state index is 12.4. The molecule has 0 spiro atoms. The molecule has 0 aromatic heterocycles. The van der Waals surface area contributed by atoms with Crippen molar-refractivity contribution in [2.45, 2.75) is 44.6 Å². The molecule has 7 heteroatoms. The maximum Gasteiger partial charge on any atom is 0.240 e. The second-order valence-electron chi connectivity index (χ2n) is 6.60. The summed E-state index contributed by atoms with van der Waals surface area (Å²) in [5.74, 6) is -0.0411. The van der Waals surface area contributed by atoms with Crippen LogP contribution in [-0.4, -0.2) is 33.5 Å². The lowest BCUT2D eigenvalue weighted by molar-refractivity contribution is -0.125. The minimum atomic E-state index is -3.51. The number of carbonyl (C=O) groups excluding carboxylic acids is 1. The topological polar surface area (TPSA) is 87.3 Å². The van der Waals surface area contributed by atoms with Gasteiger partial charge in [0.2, 0.25) is 15.9 Å². The summed E-state index contributed by atoms with van der Waals surface area (Å²) >= 11 is 0. The van der Waals surface area contributed by atoms with E-state index >= 15 is 0 Å². The molecule has 0 bridgehead atoms. The fourth-order valence-electron chi connectivity index (χ4n) is 2.63. The van der Waals surface area contributed by atoms with Crippen LogP contribution >= 0.6 is 0 Å². The van der Waals surface area contributed by atoms with E-state index in [1.54, 1.807) is 26.0 Å². The lowest BCUT2D eigenvalue weighted by Gasteiger charge is -2.32. The smallest absolute Gasteiger partial charge is 0.240 e. The number of benzene rings is 1. The van der Waals surface area contributed by atoms with Gasteiger partial charge in [0, 0.05) is 18.3 Å². The Hall–Kier alpha value is -1.44. The zero-order valence-electron chi connectivity index (χ0n) is 13.8. The van der Waals surface area contributed by atoms with Crippen molar-refractivity contribution in [2.24, 2.45) is 5.41 Å². The Morgan fingerprint density at radius 2 is 1.91 bits per heavy atom. The number of sulfonamides is 1. The molecule has 1 aromatic carbocycles. The van der Waals surface area contributed by atoms with Gasteiger partial charge >= 0.3 is 0 Å². The summed E-state index contributed by atoms with van der Waals surface area (Å²) in [6.07, 6.45) is 1.82. The first-order valence-corrected chi connectivity index (χ1v) is 9.36. The predicted octanol–water partition coefficient (Wildman–Crippen LogP) is 1.70. The van der Waals surface area contributed by atoms with E-state index in [2.05, 4.69) is 15.4 Å². The van der Waals surface area contributed by atoms with E-state index in [0.717, 1.165) is 19.4 Å². The summed E-state index contributed by atoms with van der Waals surface area (Å²) in [6.45, 7) is 7.08. The van der Waals surface area contributed by atoms with Gasteiger partial charge in [-0.05, 0) is 64.4 Å². The standard InChI is InChI=1S/C16H25N3O3S/c1-12(2)19-23(21,22)14-7-5-13(6-8-14)18-15(20)16(3)9-4-10-17-11-16/h5-8,12,17,19H,4,9-11H2,1-3H3,(H,18,20). The summed E-state index contributed by atoms with van der Waals surface area (Å²) in [5, 5.41) is 6.12. The number of piperidine rings is 1. The van der Waals surface area contributed by atoms with E-state index in [9.17, 15) is 13.2 Å². The average Bonchev–Trinajstić information content (AvgIpc) is 2.47. The first-order chi connectivity index (χ1) is 10.7. The van der Waals surface area contributed by atoms with E-state index < -0.39 is 15.4 Å². The van der Waals surface area contributed by atoms with Gasteiger partial charge in [-0.3, -0.25) is 4.79 Å². The first kappa shape index (κ1) is 17.9. The number of hydrogen-bond donors (Lipinski definition) is 3.